The van der Waals surface area contributed by atoms with E-state index >= 15 is 0 Å². The summed E-state index contributed by atoms with van der Waals surface area (Å²) in [6.45, 7) is 0.586. The Labute approximate surface area is 175 Å². The lowest BCUT2D eigenvalue weighted by Gasteiger charge is -2.13. The molecule has 154 valence electrons. The lowest BCUT2D eigenvalue weighted by atomic mass is 10.2. The first-order valence-electron chi connectivity index (χ1n) is 9.48. The number of rotatable bonds is 9. The minimum atomic E-state index is -0.214. The number of nitrogens with one attached hydrogen (secondary N) is 2. The first-order chi connectivity index (χ1) is 14.7. The van der Waals surface area contributed by atoms with Crippen molar-refractivity contribution >= 4 is 17.5 Å². The minimum absolute atomic E-state index is 0.151. The van der Waals surface area contributed by atoms with Gasteiger partial charge in [-0.05, 0) is 42.0 Å². The number of aromatic nitrogens is 1. The third-order valence-electron chi connectivity index (χ3n) is 4.26. The molecule has 0 atom stereocenters. The Morgan fingerprint density at radius 2 is 1.73 bits per heavy atom. The molecular weight excluding hydrogens is 382 g/mol. The smallest absolute Gasteiger partial charge is 0.251 e. The third kappa shape index (κ3) is 6.07. The van der Waals surface area contributed by atoms with E-state index < -0.39 is 0 Å². The van der Waals surface area contributed by atoms with Gasteiger partial charge in [-0.3, -0.25) is 14.6 Å². The van der Waals surface area contributed by atoms with E-state index in [0.29, 0.717) is 29.4 Å². The number of benzene rings is 2. The predicted molar refractivity (Wildman–Crippen MR) is 114 cm³/mol. The van der Waals surface area contributed by atoms with E-state index in [-0.39, 0.29) is 24.8 Å². The zero-order valence-corrected chi connectivity index (χ0v) is 16.6. The first-order valence-corrected chi connectivity index (χ1v) is 9.48. The van der Waals surface area contributed by atoms with E-state index in [2.05, 4.69) is 15.6 Å². The molecule has 3 aromatic rings. The molecule has 0 aliphatic heterocycles. The Hall–Kier alpha value is -3.87. The van der Waals surface area contributed by atoms with Crippen molar-refractivity contribution in [3.05, 3.63) is 84.2 Å². The lowest BCUT2D eigenvalue weighted by molar-refractivity contribution is -0.116. The highest BCUT2D eigenvalue weighted by atomic mass is 16.5. The average Bonchev–Trinajstić information content (AvgIpc) is 2.79. The van der Waals surface area contributed by atoms with Crippen LogP contribution in [0.15, 0.2) is 73.1 Å². The normalized spacial score (nSPS) is 10.2. The Kier molecular flexibility index (Phi) is 7.38. The van der Waals surface area contributed by atoms with Crippen molar-refractivity contribution in [3.63, 3.8) is 0 Å². The summed E-state index contributed by atoms with van der Waals surface area (Å²) < 4.78 is 11.2. The molecule has 0 unspecified atom stereocenters. The molecule has 1 aromatic heterocycles. The molecule has 3 rings (SSSR count). The molecule has 7 heteroatoms. The van der Waals surface area contributed by atoms with Crippen LogP contribution in [0.25, 0.3) is 0 Å². The Bertz CT molecular complexity index is 978. The van der Waals surface area contributed by atoms with Crippen molar-refractivity contribution < 1.29 is 19.1 Å². The largest absolute Gasteiger partial charge is 0.493 e. The van der Waals surface area contributed by atoms with Crippen LogP contribution in [-0.2, 0) is 11.4 Å². The molecule has 2 aromatic carbocycles. The molecule has 7 nitrogen and oxygen atoms in total. The average molecular weight is 405 g/mol. The Morgan fingerprint density at radius 1 is 0.967 bits per heavy atom. The fourth-order valence-corrected chi connectivity index (χ4v) is 2.71. The van der Waals surface area contributed by atoms with Crippen molar-refractivity contribution in [1.29, 1.82) is 0 Å². The van der Waals surface area contributed by atoms with E-state index in [0.717, 1.165) is 5.56 Å². The molecule has 0 radical (unpaired) electrons. The molecule has 2 N–H and O–H groups in total. The van der Waals surface area contributed by atoms with Crippen molar-refractivity contribution in [2.45, 2.75) is 13.0 Å². The molecule has 0 spiro atoms. The van der Waals surface area contributed by atoms with E-state index in [1.165, 1.54) is 0 Å². The van der Waals surface area contributed by atoms with Gasteiger partial charge in [0.1, 0.15) is 6.61 Å². The van der Waals surface area contributed by atoms with Crippen LogP contribution >= 0.6 is 0 Å². The summed E-state index contributed by atoms with van der Waals surface area (Å²) in [5.41, 5.74) is 2.11. The maximum absolute atomic E-state index is 12.2. The molecule has 0 aliphatic carbocycles. The second-order valence-corrected chi connectivity index (χ2v) is 6.43. The molecule has 0 saturated heterocycles. The fourth-order valence-electron chi connectivity index (χ4n) is 2.71. The number of amides is 2. The zero-order chi connectivity index (χ0) is 21.2. The number of hydrogen-bond donors (Lipinski definition) is 2. The van der Waals surface area contributed by atoms with Crippen molar-refractivity contribution in [2.75, 3.05) is 19.0 Å². The number of methoxy groups -OCH3 is 1. The van der Waals surface area contributed by atoms with Crippen molar-refractivity contribution in [2.24, 2.45) is 0 Å². The molecule has 0 aliphatic rings. The topological polar surface area (TPSA) is 89.6 Å². The van der Waals surface area contributed by atoms with Gasteiger partial charge in [-0.15, -0.1) is 0 Å². The maximum atomic E-state index is 12.2. The number of carbonyl (C=O) groups excluding carboxylic acids is 2. The van der Waals surface area contributed by atoms with Crippen LogP contribution in [0.2, 0.25) is 0 Å². The summed E-state index contributed by atoms with van der Waals surface area (Å²) >= 11 is 0. The van der Waals surface area contributed by atoms with E-state index in [9.17, 15) is 9.59 Å². The van der Waals surface area contributed by atoms with Gasteiger partial charge in [-0.25, -0.2) is 0 Å². The maximum Gasteiger partial charge on any atom is 0.251 e. The van der Waals surface area contributed by atoms with Crippen LogP contribution in [0.4, 0.5) is 5.69 Å². The van der Waals surface area contributed by atoms with Gasteiger partial charge >= 0.3 is 0 Å². The highest BCUT2D eigenvalue weighted by molar-refractivity contribution is 5.95. The van der Waals surface area contributed by atoms with E-state index in [1.54, 1.807) is 62.0 Å². The standard InChI is InChI=1S/C23H23N3O4/c1-29-20-8-7-19(15-21(20)30-16-17-9-12-24-13-10-17)26-22(27)11-14-25-23(28)18-5-3-2-4-6-18/h2-10,12-13,15H,11,14,16H2,1H3,(H,25,28)(H,26,27). The zero-order valence-electron chi connectivity index (χ0n) is 16.6. The quantitative estimate of drug-likeness (QED) is 0.569. The molecule has 0 bridgehead atoms. The van der Waals surface area contributed by atoms with E-state index in [4.69, 9.17) is 9.47 Å². The van der Waals surface area contributed by atoms with Crippen molar-refractivity contribution in [1.82, 2.24) is 10.3 Å². The summed E-state index contributed by atoms with van der Waals surface area (Å²) in [6.07, 6.45) is 3.55. The van der Waals surface area contributed by atoms with Gasteiger partial charge < -0.3 is 20.1 Å². The second-order valence-electron chi connectivity index (χ2n) is 6.43. The van der Waals surface area contributed by atoms with Gasteiger partial charge in [0.05, 0.1) is 7.11 Å². The molecular formula is C23H23N3O4. The van der Waals surface area contributed by atoms with Gasteiger partial charge in [-0.1, -0.05) is 18.2 Å². The molecule has 1 heterocycles. The SMILES string of the molecule is COc1ccc(NC(=O)CCNC(=O)c2ccccc2)cc1OCc1ccncc1. The number of ether oxygens (including phenoxy) is 2. The lowest BCUT2D eigenvalue weighted by Crippen LogP contribution is -2.27. The fraction of sp³-hybridized carbons (Fsp3) is 0.174. The summed E-state index contributed by atoms with van der Waals surface area (Å²) in [7, 11) is 1.56. The molecule has 30 heavy (non-hydrogen) atoms. The highest BCUT2D eigenvalue weighted by Crippen LogP contribution is 2.31. The summed E-state index contributed by atoms with van der Waals surface area (Å²) in [6, 6.07) is 17.8. The monoisotopic (exact) mass is 405 g/mol. The second kappa shape index (κ2) is 10.6. The first kappa shape index (κ1) is 20.9. The number of nitrogens with zero attached hydrogens (tertiary/aromatic N) is 1. The number of carbonyl (C=O) groups is 2. The van der Waals surface area contributed by atoms with Crippen LogP contribution in [0.3, 0.4) is 0 Å². The molecule has 0 saturated carbocycles. The Balaban J connectivity index is 1.52. The number of pyridine rings is 1. The summed E-state index contributed by atoms with van der Waals surface area (Å²) in [5.74, 6) is 0.662. The molecule has 0 fully saturated rings. The predicted octanol–water partition coefficient (Wildman–Crippen LogP) is 3.43. The summed E-state index contributed by atoms with van der Waals surface area (Å²) in [5, 5.41) is 5.54. The van der Waals surface area contributed by atoms with E-state index in [1.807, 2.05) is 18.2 Å². The van der Waals surface area contributed by atoms with Gasteiger partial charge in [0.2, 0.25) is 5.91 Å². The van der Waals surface area contributed by atoms with Crippen LogP contribution in [0.5, 0.6) is 11.5 Å². The van der Waals surface area contributed by atoms with Crippen LogP contribution in [0.1, 0.15) is 22.3 Å². The highest BCUT2D eigenvalue weighted by Gasteiger charge is 2.10. The molecule has 2 amide bonds. The number of anilines is 1. The van der Waals surface area contributed by atoms with Gasteiger partial charge in [0.15, 0.2) is 11.5 Å². The Morgan fingerprint density at radius 3 is 2.47 bits per heavy atom. The van der Waals surface area contributed by atoms with Crippen LogP contribution < -0.4 is 20.1 Å². The van der Waals surface area contributed by atoms with Gasteiger partial charge in [0.25, 0.3) is 5.91 Å². The summed E-state index contributed by atoms with van der Waals surface area (Å²) in [4.78, 5) is 28.2. The van der Waals surface area contributed by atoms with Crippen LogP contribution in [-0.4, -0.2) is 30.5 Å². The van der Waals surface area contributed by atoms with Gasteiger partial charge in [-0.2, -0.15) is 0 Å². The minimum Gasteiger partial charge on any atom is -0.493 e. The third-order valence-corrected chi connectivity index (χ3v) is 4.26. The van der Waals surface area contributed by atoms with Crippen molar-refractivity contribution in [3.8, 4) is 11.5 Å². The van der Waals surface area contributed by atoms with Gasteiger partial charge in [0, 0.05) is 42.7 Å². The van der Waals surface area contributed by atoms with Crippen LogP contribution in [0, 0.1) is 0 Å². The number of hydrogen-bond acceptors (Lipinski definition) is 5.